The number of allylic oxidation sites excluding steroid dienone is 5. The van der Waals surface area contributed by atoms with E-state index in [1.165, 1.54) is 17.0 Å². The van der Waals surface area contributed by atoms with Gasteiger partial charge in [-0.3, -0.25) is 0 Å². The van der Waals surface area contributed by atoms with Crippen LogP contribution in [0.25, 0.3) is 0 Å². The summed E-state index contributed by atoms with van der Waals surface area (Å²) in [6.07, 6.45) is 11.5. The van der Waals surface area contributed by atoms with Crippen molar-refractivity contribution in [3.63, 3.8) is 0 Å². The van der Waals surface area contributed by atoms with Crippen LogP contribution in [0.1, 0.15) is 18.4 Å². The molecule has 0 radical (unpaired) electrons. The smallest absolute Gasteiger partial charge is 0.313 e. The molecule has 0 spiro atoms. The van der Waals surface area contributed by atoms with Gasteiger partial charge < -0.3 is 4.74 Å². The number of hydrogen-bond donors (Lipinski definition) is 1. The lowest BCUT2D eigenvalue weighted by atomic mass is 10.1. The van der Waals surface area contributed by atoms with Crippen LogP contribution in [-0.4, -0.2) is 28.7 Å². The molecule has 0 unspecified atom stereocenters. The molecular weight excluding hydrogens is 274 g/mol. The Balaban J connectivity index is 1.52. The summed E-state index contributed by atoms with van der Waals surface area (Å²) in [6, 6.07) is 10.5. The summed E-state index contributed by atoms with van der Waals surface area (Å²) >= 11 is 0. The number of rotatable bonds is 3. The number of hydrazine groups is 1. The van der Waals surface area contributed by atoms with Crippen LogP contribution in [0.2, 0.25) is 0 Å². The van der Waals surface area contributed by atoms with Crippen LogP contribution in [-0.2, 0) is 11.2 Å². The van der Waals surface area contributed by atoms with Crippen LogP contribution in [0.15, 0.2) is 66.2 Å². The second-order valence-electron chi connectivity index (χ2n) is 5.76. The first-order chi connectivity index (χ1) is 10.9. The molecule has 4 heteroatoms. The van der Waals surface area contributed by atoms with Crippen LogP contribution in [0, 0.1) is 0 Å². The molecule has 0 bridgehead atoms. The van der Waals surface area contributed by atoms with Gasteiger partial charge in [-0.1, -0.05) is 42.5 Å². The van der Waals surface area contributed by atoms with Gasteiger partial charge in [0.1, 0.15) is 12.0 Å². The summed E-state index contributed by atoms with van der Waals surface area (Å²) in [4.78, 5) is 0. The Hall–Kier alpha value is -2.49. The third-order valence-electron chi connectivity index (χ3n) is 4.23. The topological polar surface area (TPSA) is 27.5 Å². The molecule has 0 aromatic heterocycles. The zero-order chi connectivity index (χ0) is 14.8. The monoisotopic (exact) mass is 294 g/mol. The van der Waals surface area contributed by atoms with E-state index < -0.39 is 0 Å². The van der Waals surface area contributed by atoms with E-state index in [0.717, 1.165) is 31.8 Å². The number of hydrogen-bond acceptors (Lipinski definition) is 3. The normalized spacial score (nSPS) is 20.1. The Morgan fingerprint density at radius 1 is 1.23 bits per heavy atom. The maximum atomic E-state index is 5.64. The van der Waals surface area contributed by atoms with E-state index in [0.29, 0.717) is 6.61 Å². The maximum absolute atomic E-state index is 5.64. The first kappa shape index (κ1) is 13.2. The minimum absolute atomic E-state index is 0.609. The van der Waals surface area contributed by atoms with Gasteiger partial charge in [0.25, 0.3) is 0 Å². The fourth-order valence-electron chi connectivity index (χ4n) is 3.05. The van der Waals surface area contributed by atoms with Gasteiger partial charge in [-0.15, -0.1) is 0 Å². The molecule has 1 aromatic carbocycles. The van der Waals surface area contributed by atoms with Crippen LogP contribution in [0.4, 0.5) is 0 Å². The Kier molecular flexibility index (Phi) is 3.43. The highest BCUT2D eigenvalue weighted by molar-refractivity contribution is 5.80. The Bertz CT molecular complexity index is 686. The first-order valence-electron chi connectivity index (χ1n) is 7.78. The van der Waals surface area contributed by atoms with E-state index in [-0.39, 0.29) is 0 Å². The fraction of sp³-hybridized carbons (Fsp3) is 0.278. The molecule has 2 heterocycles. The van der Waals surface area contributed by atoms with Crippen LogP contribution < -0.4 is 5.43 Å². The van der Waals surface area contributed by atoms with Crippen molar-refractivity contribution in [3.05, 3.63) is 71.8 Å². The van der Waals surface area contributed by atoms with Gasteiger partial charge in [-0.05, 0) is 24.5 Å². The van der Waals surface area contributed by atoms with Gasteiger partial charge in [0.15, 0.2) is 13.3 Å². The summed E-state index contributed by atoms with van der Waals surface area (Å²) < 4.78 is 7.97. The lowest BCUT2D eigenvalue weighted by Crippen LogP contribution is -2.37. The molecule has 4 nitrogen and oxygen atoms in total. The molecule has 3 aliphatic rings. The number of benzene rings is 1. The molecule has 0 fully saturated rings. The zero-order valence-corrected chi connectivity index (χ0v) is 12.5. The van der Waals surface area contributed by atoms with Gasteiger partial charge in [-0.25, -0.2) is 4.58 Å². The summed E-state index contributed by atoms with van der Waals surface area (Å²) in [5, 5.41) is 2.23. The molecule has 0 saturated heterocycles. The van der Waals surface area contributed by atoms with Crippen LogP contribution in [0.3, 0.4) is 0 Å². The zero-order valence-electron chi connectivity index (χ0n) is 12.5. The molecule has 2 aliphatic heterocycles. The lowest BCUT2D eigenvalue weighted by molar-refractivity contribution is -0.492. The number of amidine groups is 1. The second kappa shape index (κ2) is 5.72. The minimum Gasteiger partial charge on any atom is -0.484 e. The minimum atomic E-state index is 0.609. The molecule has 1 aromatic rings. The van der Waals surface area contributed by atoms with Crippen molar-refractivity contribution in [2.75, 3.05) is 13.3 Å². The van der Waals surface area contributed by atoms with Gasteiger partial charge in [0.05, 0.1) is 5.70 Å². The van der Waals surface area contributed by atoms with E-state index in [4.69, 9.17) is 4.74 Å². The summed E-state index contributed by atoms with van der Waals surface area (Å²) in [5.41, 5.74) is 7.33. The Labute approximate surface area is 130 Å². The summed E-state index contributed by atoms with van der Waals surface area (Å²) in [5.74, 6) is 1.13. The summed E-state index contributed by atoms with van der Waals surface area (Å²) in [7, 11) is 0. The van der Waals surface area contributed by atoms with Crippen molar-refractivity contribution in [1.82, 2.24) is 10.4 Å². The molecule has 0 amide bonds. The molecule has 22 heavy (non-hydrogen) atoms. The van der Waals surface area contributed by atoms with E-state index >= 15 is 0 Å². The standard InChI is InChI=1S/C18H19N3O/c1-3-7-15(8-4-1)11-17-12-22-13-18-19-21(14-20(17)18)16-9-5-2-6-10-16/h1-5,7-9,12H,6,10-11,13-14H2/p+1. The third-order valence-corrected chi connectivity index (χ3v) is 4.23. The van der Waals surface area contributed by atoms with Gasteiger partial charge in [-0.2, -0.15) is 10.4 Å². The second-order valence-corrected chi connectivity index (χ2v) is 5.76. The predicted molar refractivity (Wildman–Crippen MR) is 85.7 cm³/mol. The molecule has 1 N–H and O–H groups in total. The van der Waals surface area contributed by atoms with Gasteiger partial charge >= 0.3 is 5.84 Å². The molecular formula is C18H20N3O+. The van der Waals surface area contributed by atoms with E-state index in [9.17, 15) is 0 Å². The molecule has 4 rings (SSSR count). The average molecular weight is 294 g/mol. The van der Waals surface area contributed by atoms with E-state index in [1.807, 2.05) is 6.26 Å². The van der Waals surface area contributed by atoms with Gasteiger partial charge in [0.2, 0.25) is 0 Å². The van der Waals surface area contributed by atoms with Gasteiger partial charge in [0, 0.05) is 6.42 Å². The highest BCUT2D eigenvalue weighted by atomic mass is 16.5. The van der Waals surface area contributed by atoms with Crippen molar-refractivity contribution < 1.29 is 9.31 Å². The van der Waals surface area contributed by atoms with Crippen molar-refractivity contribution >= 4 is 5.84 Å². The number of ether oxygens (including phenoxy) is 1. The Morgan fingerprint density at radius 3 is 2.95 bits per heavy atom. The van der Waals surface area contributed by atoms with E-state index in [2.05, 4.69) is 63.6 Å². The van der Waals surface area contributed by atoms with Crippen molar-refractivity contribution in [2.24, 2.45) is 0 Å². The number of nitrogens with one attached hydrogen (secondary N) is 1. The average Bonchev–Trinajstić information content (AvgIpc) is 3.02. The van der Waals surface area contributed by atoms with Crippen LogP contribution in [0.5, 0.6) is 0 Å². The fourth-order valence-corrected chi connectivity index (χ4v) is 3.05. The highest BCUT2D eigenvalue weighted by Crippen LogP contribution is 2.21. The van der Waals surface area contributed by atoms with Crippen molar-refractivity contribution in [3.8, 4) is 0 Å². The molecule has 0 saturated carbocycles. The third kappa shape index (κ3) is 2.52. The van der Waals surface area contributed by atoms with Crippen LogP contribution >= 0.6 is 0 Å². The molecule has 1 aliphatic carbocycles. The SMILES string of the molecule is C1=CCCC(N2C[N+]3=C(COC=C3Cc3ccccc3)N2)=C1. The largest absolute Gasteiger partial charge is 0.484 e. The summed E-state index contributed by atoms with van der Waals surface area (Å²) in [6.45, 7) is 1.45. The number of nitrogens with zero attached hydrogens (tertiary/aromatic N) is 2. The highest BCUT2D eigenvalue weighted by Gasteiger charge is 2.34. The van der Waals surface area contributed by atoms with Crippen molar-refractivity contribution in [1.29, 1.82) is 0 Å². The van der Waals surface area contributed by atoms with E-state index in [1.54, 1.807) is 0 Å². The Morgan fingerprint density at radius 2 is 2.14 bits per heavy atom. The molecule has 0 atom stereocenters. The van der Waals surface area contributed by atoms with Crippen molar-refractivity contribution in [2.45, 2.75) is 19.3 Å². The lowest BCUT2D eigenvalue weighted by Gasteiger charge is -2.17. The maximum Gasteiger partial charge on any atom is 0.313 e. The predicted octanol–water partition coefficient (Wildman–Crippen LogP) is 2.52. The first-order valence-corrected chi connectivity index (χ1v) is 7.78. The quantitative estimate of drug-likeness (QED) is 0.868. The molecule has 112 valence electrons.